The van der Waals surface area contributed by atoms with Crippen molar-refractivity contribution < 1.29 is 9.53 Å². The van der Waals surface area contributed by atoms with E-state index >= 15 is 0 Å². The normalized spacial score (nSPS) is 18.7. The summed E-state index contributed by atoms with van der Waals surface area (Å²) >= 11 is 6.11. The molecule has 1 aliphatic heterocycles. The summed E-state index contributed by atoms with van der Waals surface area (Å²) in [6, 6.07) is 3.48. The van der Waals surface area contributed by atoms with Gasteiger partial charge >= 0.3 is 6.03 Å². The summed E-state index contributed by atoms with van der Waals surface area (Å²) < 4.78 is 5.60. The predicted octanol–water partition coefficient (Wildman–Crippen LogP) is 2.68. The fraction of sp³-hybridized carbons (Fsp3) is 0.375. The van der Waals surface area contributed by atoms with Gasteiger partial charge in [0.15, 0.2) is 0 Å². The van der Waals surface area contributed by atoms with Crippen LogP contribution in [0.15, 0.2) is 18.3 Å². The van der Waals surface area contributed by atoms with E-state index in [1.54, 1.807) is 6.07 Å². The van der Waals surface area contributed by atoms with Crippen molar-refractivity contribution in [3.8, 4) is 5.75 Å². The first kappa shape index (κ1) is 14.4. The smallest absolute Gasteiger partial charge is 0.319 e. The van der Waals surface area contributed by atoms with E-state index in [1.807, 2.05) is 12.3 Å². The number of benzene rings is 1. The molecule has 1 atom stereocenters. The number of hydrogen-bond donors (Lipinski definition) is 3. The van der Waals surface area contributed by atoms with E-state index in [0.717, 1.165) is 37.0 Å². The summed E-state index contributed by atoms with van der Waals surface area (Å²) in [5, 5.41) is 13.5. The standard InChI is InChI=1S/C16H17ClN4O2/c17-11-5-9-3-4-23-15(9)14(7-11)20-16(22)19-12-1-2-13-10(6-12)8-18-21-13/h5,7-8,12H,1-4,6H2,(H,18,21)(H2,19,20,22)/t12-/m0/s1. The molecule has 2 aromatic rings. The van der Waals surface area contributed by atoms with Gasteiger partial charge in [0.25, 0.3) is 0 Å². The number of aryl methyl sites for hydroxylation is 1. The zero-order valence-corrected chi connectivity index (χ0v) is 13.2. The van der Waals surface area contributed by atoms with Gasteiger partial charge in [-0.2, -0.15) is 5.10 Å². The van der Waals surface area contributed by atoms with Crippen LogP contribution in [0.3, 0.4) is 0 Å². The minimum Gasteiger partial charge on any atom is -0.491 e. The van der Waals surface area contributed by atoms with Crippen molar-refractivity contribution in [1.29, 1.82) is 0 Å². The first-order chi connectivity index (χ1) is 11.2. The molecule has 0 saturated heterocycles. The third-order valence-corrected chi connectivity index (χ3v) is 4.57. The number of ether oxygens (including phenoxy) is 1. The molecule has 7 heteroatoms. The highest BCUT2D eigenvalue weighted by Crippen LogP contribution is 2.36. The molecule has 0 unspecified atom stereocenters. The summed E-state index contributed by atoms with van der Waals surface area (Å²) in [7, 11) is 0. The third kappa shape index (κ3) is 2.86. The average molecular weight is 333 g/mol. The van der Waals surface area contributed by atoms with Gasteiger partial charge in [0.2, 0.25) is 0 Å². The van der Waals surface area contributed by atoms with Gasteiger partial charge in [0, 0.05) is 28.7 Å². The Bertz CT molecular complexity index is 759. The van der Waals surface area contributed by atoms with E-state index < -0.39 is 0 Å². The Labute approximate surface area is 138 Å². The maximum atomic E-state index is 12.3. The number of halogens is 1. The maximum Gasteiger partial charge on any atom is 0.319 e. The highest BCUT2D eigenvalue weighted by atomic mass is 35.5. The van der Waals surface area contributed by atoms with Crippen LogP contribution in [0.4, 0.5) is 10.5 Å². The maximum absolute atomic E-state index is 12.3. The zero-order valence-electron chi connectivity index (χ0n) is 12.5. The number of H-pyrrole nitrogens is 1. The number of amides is 2. The second-order valence-electron chi connectivity index (χ2n) is 5.95. The fourth-order valence-electron chi connectivity index (χ4n) is 3.25. The Balaban J connectivity index is 1.43. The van der Waals surface area contributed by atoms with Crippen molar-refractivity contribution in [1.82, 2.24) is 15.5 Å². The molecular weight excluding hydrogens is 316 g/mol. The molecule has 23 heavy (non-hydrogen) atoms. The summed E-state index contributed by atoms with van der Waals surface area (Å²) in [6.45, 7) is 0.623. The second-order valence-corrected chi connectivity index (χ2v) is 6.39. The van der Waals surface area contributed by atoms with Crippen molar-refractivity contribution in [3.05, 3.63) is 40.2 Å². The zero-order chi connectivity index (χ0) is 15.8. The van der Waals surface area contributed by atoms with Crippen LogP contribution in [0.5, 0.6) is 5.75 Å². The summed E-state index contributed by atoms with van der Waals surface area (Å²) in [4.78, 5) is 12.3. The van der Waals surface area contributed by atoms with Crippen LogP contribution in [0, 0.1) is 0 Å². The highest BCUT2D eigenvalue weighted by Gasteiger charge is 2.23. The van der Waals surface area contributed by atoms with Crippen molar-refractivity contribution in [3.63, 3.8) is 0 Å². The lowest BCUT2D eigenvalue weighted by Crippen LogP contribution is -2.41. The molecule has 4 rings (SSSR count). The SMILES string of the molecule is O=C(Nc1cc(Cl)cc2c1OCC2)N[C@H]1CCc2[nH]ncc2C1. The minimum absolute atomic E-state index is 0.105. The van der Waals surface area contributed by atoms with E-state index in [2.05, 4.69) is 20.8 Å². The number of hydrogen-bond acceptors (Lipinski definition) is 3. The lowest BCUT2D eigenvalue weighted by Gasteiger charge is -2.23. The van der Waals surface area contributed by atoms with Gasteiger partial charge in [-0.05, 0) is 37.0 Å². The Hall–Kier alpha value is -2.21. The van der Waals surface area contributed by atoms with Crippen molar-refractivity contribution >= 4 is 23.3 Å². The average Bonchev–Trinajstić information content (AvgIpc) is 3.14. The van der Waals surface area contributed by atoms with Crippen LogP contribution in [-0.2, 0) is 19.3 Å². The predicted molar refractivity (Wildman–Crippen MR) is 87.2 cm³/mol. The number of rotatable bonds is 2. The molecule has 3 N–H and O–H groups in total. The minimum atomic E-state index is -0.234. The van der Waals surface area contributed by atoms with E-state index in [-0.39, 0.29) is 12.1 Å². The highest BCUT2D eigenvalue weighted by molar-refractivity contribution is 6.31. The molecule has 0 saturated carbocycles. The molecule has 2 heterocycles. The number of nitrogens with one attached hydrogen (secondary N) is 3. The number of anilines is 1. The van der Waals surface area contributed by atoms with Gasteiger partial charge < -0.3 is 15.4 Å². The summed E-state index contributed by atoms with van der Waals surface area (Å²) in [5.74, 6) is 0.727. The van der Waals surface area contributed by atoms with E-state index in [9.17, 15) is 4.79 Å². The van der Waals surface area contributed by atoms with Crippen LogP contribution >= 0.6 is 11.6 Å². The summed E-state index contributed by atoms with van der Waals surface area (Å²) in [6.07, 6.45) is 5.24. The molecule has 0 radical (unpaired) electrons. The Kier molecular flexibility index (Phi) is 3.61. The van der Waals surface area contributed by atoms with E-state index in [1.165, 1.54) is 11.3 Å². The van der Waals surface area contributed by atoms with Crippen LogP contribution in [0.25, 0.3) is 0 Å². The number of aromatic nitrogens is 2. The molecule has 120 valence electrons. The lowest BCUT2D eigenvalue weighted by atomic mass is 9.94. The van der Waals surface area contributed by atoms with Crippen LogP contribution in [-0.4, -0.2) is 28.9 Å². The molecule has 1 aromatic heterocycles. The number of fused-ring (bicyclic) bond motifs is 2. The topological polar surface area (TPSA) is 79.0 Å². The Morgan fingerprint density at radius 2 is 2.26 bits per heavy atom. The van der Waals surface area contributed by atoms with Crippen molar-refractivity contribution in [2.24, 2.45) is 0 Å². The molecule has 1 aromatic carbocycles. The molecule has 2 amide bonds. The molecule has 2 aliphatic rings. The van der Waals surface area contributed by atoms with Crippen LogP contribution in [0.2, 0.25) is 5.02 Å². The molecular formula is C16H17ClN4O2. The second kappa shape index (κ2) is 5.77. The van der Waals surface area contributed by atoms with Crippen molar-refractivity contribution in [2.45, 2.75) is 31.7 Å². The largest absolute Gasteiger partial charge is 0.491 e. The fourth-order valence-corrected chi connectivity index (χ4v) is 3.49. The van der Waals surface area contributed by atoms with Gasteiger partial charge in [0.1, 0.15) is 5.75 Å². The van der Waals surface area contributed by atoms with Crippen LogP contribution < -0.4 is 15.4 Å². The number of carbonyl (C=O) groups is 1. The monoisotopic (exact) mass is 332 g/mol. The molecule has 6 nitrogen and oxygen atoms in total. The molecule has 0 spiro atoms. The van der Waals surface area contributed by atoms with Gasteiger partial charge in [-0.3, -0.25) is 5.10 Å². The summed E-state index contributed by atoms with van der Waals surface area (Å²) in [5.41, 5.74) is 4.01. The van der Waals surface area contributed by atoms with E-state index in [0.29, 0.717) is 17.3 Å². The van der Waals surface area contributed by atoms with Crippen molar-refractivity contribution in [2.75, 3.05) is 11.9 Å². The number of aromatic amines is 1. The van der Waals surface area contributed by atoms with E-state index in [4.69, 9.17) is 16.3 Å². The quantitative estimate of drug-likeness (QED) is 0.791. The first-order valence-corrected chi connectivity index (χ1v) is 8.10. The van der Waals surface area contributed by atoms with Gasteiger partial charge in [-0.1, -0.05) is 11.6 Å². The lowest BCUT2D eigenvalue weighted by molar-refractivity contribution is 0.247. The third-order valence-electron chi connectivity index (χ3n) is 4.35. The molecule has 0 bridgehead atoms. The first-order valence-electron chi connectivity index (χ1n) is 7.73. The number of urea groups is 1. The number of carbonyl (C=O) groups excluding carboxylic acids is 1. The number of nitrogens with zero attached hydrogens (tertiary/aromatic N) is 1. The van der Waals surface area contributed by atoms with Gasteiger partial charge in [-0.15, -0.1) is 0 Å². The molecule has 1 aliphatic carbocycles. The molecule has 0 fully saturated rings. The Morgan fingerprint density at radius 1 is 1.35 bits per heavy atom. The van der Waals surface area contributed by atoms with Crippen LogP contribution in [0.1, 0.15) is 23.2 Å². The van der Waals surface area contributed by atoms with Gasteiger partial charge in [-0.25, -0.2) is 4.79 Å². The Morgan fingerprint density at radius 3 is 3.17 bits per heavy atom. The van der Waals surface area contributed by atoms with Gasteiger partial charge in [0.05, 0.1) is 18.5 Å².